The molecule has 0 saturated carbocycles. The second-order valence-corrected chi connectivity index (χ2v) is 18.8. The zero-order chi connectivity index (χ0) is 47.9. The summed E-state index contributed by atoms with van der Waals surface area (Å²) >= 11 is 0. The van der Waals surface area contributed by atoms with Crippen molar-refractivity contribution in [3.8, 4) is 0 Å². The Bertz CT molecular complexity index is 1200. The van der Waals surface area contributed by atoms with Crippen molar-refractivity contribution in [3.05, 3.63) is 60.8 Å². The Labute approximate surface area is 409 Å². The summed E-state index contributed by atoms with van der Waals surface area (Å²) in [5.41, 5.74) is 0. The van der Waals surface area contributed by atoms with Crippen LogP contribution in [0.25, 0.3) is 0 Å². The highest BCUT2D eigenvalue weighted by atomic mass is 16.6. The van der Waals surface area contributed by atoms with Crippen molar-refractivity contribution in [1.29, 1.82) is 0 Å². The summed E-state index contributed by atoms with van der Waals surface area (Å²) in [6, 6.07) is 0. The first kappa shape index (κ1) is 63.1. The fraction of sp³-hybridized carbons (Fsp3) is 0.783. The Balaban J connectivity index is 4.41. The number of carbonyl (C=O) groups is 3. The quantitative estimate of drug-likeness (QED) is 0.0262. The first-order valence-electron chi connectivity index (χ1n) is 28.3. The van der Waals surface area contributed by atoms with Gasteiger partial charge >= 0.3 is 17.9 Å². The van der Waals surface area contributed by atoms with E-state index in [1.54, 1.807) is 0 Å². The minimum Gasteiger partial charge on any atom is -0.462 e. The Morgan fingerprint density at radius 2 is 0.545 bits per heavy atom. The van der Waals surface area contributed by atoms with Gasteiger partial charge in [-0.05, 0) is 109 Å². The molecule has 0 fully saturated rings. The third-order valence-electron chi connectivity index (χ3n) is 12.2. The first-order valence-corrected chi connectivity index (χ1v) is 28.3. The van der Waals surface area contributed by atoms with E-state index in [0.29, 0.717) is 19.3 Å². The Morgan fingerprint density at radius 1 is 0.303 bits per heavy atom. The molecule has 6 heteroatoms. The van der Waals surface area contributed by atoms with Crippen LogP contribution in [0, 0.1) is 0 Å². The average molecular weight is 924 g/mol. The van der Waals surface area contributed by atoms with E-state index in [9.17, 15) is 14.4 Å². The molecule has 0 aromatic rings. The summed E-state index contributed by atoms with van der Waals surface area (Å²) in [5.74, 6) is -0.898. The van der Waals surface area contributed by atoms with Gasteiger partial charge in [0.25, 0.3) is 0 Å². The van der Waals surface area contributed by atoms with Crippen LogP contribution in [-0.2, 0) is 28.6 Å². The Morgan fingerprint density at radius 3 is 0.879 bits per heavy atom. The minimum absolute atomic E-state index is 0.0835. The largest absolute Gasteiger partial charge is 0.462 e. The van der Waals surface area contributed by atoms with Gasteiger partial charge in [0.2, 0.25) is 0 Å². The van der Waals surface area contributed by atoms with Crippen molar-refractivity contribution >= 4 is 17.9 Å². The fourth-order valence-corrected chi connectivity index (χ4v) is 7.91. The molecule has 0 rings (SSSR count). The molecule has 0 heterocycles. The van der Waals surface area contributed by atoms with Crippen LogP contribution in [0.3, 0.4) is 0 Å². The maximum Gasteiger partial charge on any atom is 0.306 e. The highest BCUT2D eigenvalue weighted by Gasteiger charge is 2.19. The first-order chi connectivity index (χ1) is 32.5. The van der Waals surface area contributed by atoms with Gasteiger partial charge in [-0.25, -0.2) is 0 Å². The van der Waals surface area contributed by atoms with Crippen molar-refractivity contribution in [2.45, 2.75) is 290 Å². The van der Waals surface area contributed by atoms with E-state index >= 15 is 0 Å². The minimum atomic E-state index is -0.785. The van der Waals surface area contributed by atoms with Gasteiger partial charge in [-0.15, -0.1) is 0 Å². The van der Waals surface area contributed by atoms with Crippen LogP contribution in [-0.4, -0.2) is 37.2 Å². The van der Waals surface area contributed by atoms with Crippen molar-refractivity contribution in [2.75, 3.05) is 13.2 Å². The predicted molar refractivity (Wildman–Crippen MR) is 284 cm³/mol. The van der Waals surface area contributed by atoms with Gasteiger partial charge in [0.15, 0.2) is 6.10 Å². The van der Waals surface area contributed by atoms with Gasteiger partial charge < -0.3 is 14.2 Å². The van der Waals surface area contributed by atoms with Gasteiger partial charge in [0, 0.05) is 19.3 Å². The molecule has 0 aliphatic heterocycles. The molecule has 0 aromatic heterocycles. The van der Waals surface area contributed by atoms with Crippen molar-refractivity contribution < 1.29 is 28.6 Å². The van der Waals surface area contributed by atoms with E-state index in [2.05, 4.69) is 81.5 Å². The summed E-state index contributed by atoms with van der Waals surface area (Å²) in [6.07, 6.45) is 67.7. The molecule has 0 radical (unpaired) electrons. The van der Waals surface area contributed by atoms with Crippen LogP contribution in [0.15, 0.2) is 60.8 Å². The maximum atomic E-state index is 12.8. The van der Waals surface area contributed by atoms with Gasteiger partial charge in [-0.2, -0.15) is 0 Å². The Hall–Kier alpha value is -2.89. The van der Waals surface area contributed by atoms with Gasteiger partial charge in [0.1, 0.15) is 13.2 Å². The van der Waals surface area contributed by atoms with Crippen molar-refractivity contribution in [3.63, 3.8) is 0 Å². The molecule has 0 aliphatic rings. The highest BCUT2D eigenvalue weighted by molar-refractivity contribution is 5.71. The van der Waals surface area contributed by atoms with Crippen LogP contribution < -0.4 is 0 Å². The number of allylic oxidation sites excluding steroid dienone is 10. The lowest BCUT2D eigenvalue weighted by atomic mass is 10.1. The number of ether oxygens (including phenoxy) is 3. The van der Waals surface area contributed by atoms with Gasteiger partial charge in [0.05, 0.1) is 0 Å². The lowest BCUT2D eigenvalue weighted by Gasteiger charge is -2.18. The molecular formula is C60H106O6. The molecule has 6 nitrogen and oxygen atoms in total. The summed E-state index contributed by atoms with van der Waals surface area (Å²) in [7, 11) is 0. The third kappa shape index (κ3) is 52.1. The zero-order valence-electron chi connectivity index (χ0n) is 43.7. The van der Waals surface area contributed by atoms with E-state index in [1.165, 1.54) is 154 Å². The van der Waals surface area contributed by atoms with Crippen molar-refractivity contribution in [2.24, 2.45) is 0 Å². The zero-order valence-corrected chi connectivity index (χ0v) is 43.7. The summed E-state index contributed by atoms with van der Waals surface area (Å²) in [4.78, 5) is 38.1. The van der Waals surface area contributed by atoms with E-state index in [1.807, 2.05) is 0 Å². The number of hydrogen-bond donors (Lipinski definition) is 0. The molecule has 0 amide bonds. The number of rotatable bonds is 51. The molecule has 0 N–H and O–H groups in total. The molecule has 0 bridgehead atoms. The SMILES string of the molecule is CCCCC/C=C\C/C=C\CCCCCCCCCC(=O)OC[C@@H](COC(=O)CCCCCCC/C=C\CCCCCCC)OC(=O)CCCCCCCCC/C=C\C/C=C\CCCCC. The molecule has 382 valence electrons. The molecular weight excluding hydrogens is 817 g/mol. The van der Waals surface area contributed by atoms with E-state index in [0.717, 1.165) is 89.9 Å². The maximum absolute atomic E-state index is 12.8. The summed E-state index contributed by atoms with van der Waals surface area (Å²) in [5, 5.41) is 0. The number of unbranched alkanes of at least 4 members (excludes halogenated alkanes) is 30. The molecule has 0 aliphatic carbocycles. The van der Waals surface area contributed by atoms with E-state index < -0.39 is 6.10 Å². The molecule has 0 spiro atoms. The standard InChI is InChI=1S/C60H106O6/c1-4-7-10-13-16-19-22-25-28-30-32-35-38-41-44-47-50-53-59(62)65-56-57(55-64-58(61)52-49-46-43-40-37-34-27-24-21-18-15-12-9-6-3)66-60(63)54-51-48-45-42-39-36-33-31-29-26-23-20-17-14-11-8-5-2/h16-17,19-20,24-29,57H,4-15,18,21-23,30-56H2,1-3H3/b19-16-,20-17-,27-24-,28-25-,29-26-/t57-/m1/s1. The second-order valence-electron chi connectivity index (χ2n) is 18.8. The topological polar surface area (TPSA) is 78.9 Å². The molecule has 66 heavy (non-hydrogen) atoms. The van der Waals surface area contributed by atoms with E-state index in [4.69, 9.17) is 14.2 Å². The van der Waals surface area contributed by atoms with Crippen LogP contribution in [0.1, 0.15) is 284 Å². The monoisotopic (exact) mass is 923 g/mol. The molecule has 0 saturated heterocycles. The van der Waals surface area contributed by atoms with Crippen LogP contribution >= 0.6 is 0 Å². The van der Waals surface area contributed by atoms with Crippen LogP contribution in [0.2, 0.25) is 0 Å². The lowest BCUT2D eigenvalue weighted by Crippen LogP contribution is -2.30. The smallest absolute Gasteiger partial charge is 0.306 e. The predicted octanol–water partition coefficient (Wildman–Crippen LogP) is 18.8. The number of carbonyl (C=O) groups excluding carboxylic acids is 3. The van der Waals surface area contributed by atoms with Gasteiger partial charge in [-0.3, -0.25) is 14.4 Å². The summed E-state index contributed by atoms with van der Waals surface area (Å²) < 4.78 is 16.8. The number of esters is 3. The summed E-state index contributed by atoms with van der Waals surface area (Å²) in [6.45, 7) is 6.58. The highest BCUT2D eigenvalue weighted by Crippen LogP contribution is 2.15. The average Bonchev–Trinajstić information content (AvgIpc) is 3.31. The number of hydrogen-bond acceptors (Lipinski definition) is 6. The molecule has 0 aromatic carbocycles. The molecule has 0 unspecified atom stereocenters. The van der Waals surface area contributed by atoms with Crippen LogP contribution in [0.5, 0.6) is 0 Å². The van der Waals surface area contributed by atoms with Crippen molar-refractivity contribution in [1.82, 2.24) is 0 Å². The lowest BCUT2D eigenvalue weighted by molar-refractivity contribution is -0.167. The third-order valence-corrected chi connectivity index (χ3v) is 12.2. The fourth-order valence-electron chi connectivity index (χ4n) is 7.91. The second kappa shape index (κ2) is 54.7. The molecule has 1 atom stereocenters. The Kier molecular flexibility index (Phi) is 52.3. The van der Waals surface area contributed by atoms with Crippen LogP contribution in [0.4, 0.5) is 0 Å². The normalized spacial score (nSPS) is 12.5. The van der Waals surface area contributed by atoms with E-state index in [-0.39, 0.29) is 31.1 Å². The van der Waals surface area contributed by atoms with Gasteiger partial charge in [-0.1, -0.05) is 216 Å².